The molecule has 5 rings (SSSR count). The zero-order chi connectivity index (χ0) is 23.3. The molecule has 2 atom stereocenters. The predicted octanol–water partition coefficient (Wildman–Crippen LogP) is 2.79. The fourth-order valence-electron chi connectivity index (χ4n) is 4.60. The lowest BCUT2D eigenvalue weighted by molar-refractivity contribution is -0.118. The molecule has 0 unspecified atom stereocenters. The number of amidine groups is 1. The van der Waals surface area contributed by atoms with Crippen LogP contribution < -0.4 is 28.6 Å². The summed E-state index contributed by atoms with van der Waals surface area (Å²) in [6, 6.07) is 8.08. The van der Waals surface area contributed by atoms with E-state index in [-0.39, 0.29) is 25.0 Å². The maximum absolute atomic E-state index is 13.5. The van der Waals surface area contributed by atoms with Crippen molar-refractivity contribution in [2.45, 2.75) is 18.4 Å². The molecule has 172 valence electrons. The number of carbonyl (C=O) groups excluding carboxylic acids is 2. The number of hydrogen-bond donors (Lipinski definition) is 0. The molecule has 0 N–H and O–H groups in total. The Hall–Kier alpha value is -3.95. The molecule has 0 spiro atoms. The number of fused-ring (bicyclic) bond motifs is 2. The molecule has 0 aliphatic carbocycles. The Labute approximate surface area is 190 Å². The molecule has 0 radical (unpaired) electrons. The van der Waals surface area contributed by atoms with Crippen molar-refractivity contribution < 1.29 is 33.3 Å². The van der Waals surface area contributed by atoms with Crippen LogP contribution in [0.5, 0.6) is 28.7 Å². The van der Waals surface area contributed by atoms with Crippen LogP contribution in [0.2, 0.25) is 0 Å². The number of piperidine rings is 1. The number of carbonyl (C=O) groups is 2. The normalized spacial score (nSPS) is 21.2. The number of likely N-dealkylation sites (N-methyl/N-ethyl adjacent to an activating group) is 1. The van der Waals surface area contributed by atoms with Gasteiger partial charge in [0.2, 0.25) is 18.4 Å². The molecule has 33 heavy (non-hydrogen) atoms. The first-order chi connectivity index (χ1) is 16.0. The Bertz CT molecular complexity index is 1150. The van der Waals surface area contributed by atoms with E-state index in [9.17, 15) is 9.59 Å². The van der Waals surface area contributed by atoms with Gasteiger partial charge in [0.15, 0.2) is 23.0 Å². The number of methoxy groups -OCH3 is 3. The van der Waals surface area contributed by atoms with Crippen molar-refractivity contribution in [2.75, 3.05) is 40.1 Å². The minimum absolute atomic E-state index is 0.159. The van der Waals surface area contributed by atoms with E-state index < -0.39 is 12.1 Å². The number of benzene rings is 2. The molecule has 1 saturated heterocycles. The van der Waals surface area contributed by atoms with Crippen molar-refractivity contribution in [1.29, 1.82) is 0 Å². The van der Waals surface area contributed by atoms with Crippen molar-refractivity contribution in [3.8, 4) is 28.7 Å². The molecular weight excluding hydrogens is 430 g/mol. The highest BCUT2D eigenvalue weighted by molar-refractivity contribution is 6.25. The first-order valence-corrected chi connectivity index (χ1v) is 10.3. The van der Waals surface area contributed by atoms with Gasteiger partial charge in [-0.3, -0.25) is 9.69 Å². The summed E-state index contributed by atoms with van der Waals surface area (Å²) >= 11 is 0. The topological polar surface area (TPSA) is 99.1 Å². The SMILES string of the molecule is COc1cc(N2C(=O)C[C@@H](c3ccc4c(c3)OCO4)[C@@H]3C2=NC(=O)N3C)cc(OC)c1OC. The van der Waals surface area contributed by atoms with Crippen LogP contribution in [0.3, 0.4) is 0 Å². The molecule has 0 aromatic heterocycles. The van der Waals surface area contributed by atoms with Crippen molar-refractivity contribution in [2.24, 2.45) is 4.99 Å². The molecule has 3 aliphatic rings. The standard InChI is InChI=1S/C23H23N3O7/c1-25-20-14(12-5-6-15-16(7-12)33-11-32-15)10-19(27)26(22(20)24-23(25)28)13-8-17(29-2)21(31-4)18(9-13)30-3/h5-9,14,20H,10-11H2,1-4H3/t14-,20+/m0/s1. The highest BCUT2D eigenvalue weighted by Gasteiger charge is 2.48. The first kappa shape index (κ1) is 20.9. The summed E-state index contributed by atoms with van der Waals surface area (Å²) in [5.41, 5.74) is 1.35. The van der Waals surface area contributed by atoms with E-state index in [1.54, 1.807) is 24.1 Å². The summed E-state index contributed by atoms with van der Waals surface area (Å²) in [7, 11) is 6.20. The molecule has 3 aliphatic heterocycles. The maximum atomic E-state index is 13.5. The smallest absolute Gasteiger partial charge is 0.345 e. The predicted molar refractivity (Wildman–Crippen MR) is 118 cm³/mol. The third-order valence-electron chi connectivity index (χ3n) is 6.18. The number of ether oxygens (including phenoxy) is 5. The Balaban J connectivity index is 1.58. The van der Waals surface area contributed by atoms with Crippen LogP contribution in [0, 0.1) is 0 Å². The lowest BCUT2D eigenvalue weighted by Crippen LogP contribution is -2.54. The summed E-state index contributed by atoms with van der Waals surface area (Å²) in [5, 5.41) is 0. The van der Waals surface area contributed by atoms with E-state index in [2.05, 4.69) is 4.99 Å². The Morgan fingerprint density at radius 2 is 1.67 bits per heavy atom. The van der Waals surface area contributed by atoms with Crippen molar-refractivity contribution in [1.82, 2.24) is 4.90 Å². The van der Waals surface area contributed by atoms with E-state index in [0.717, 1.165) is 5.56 Å². The van der Waals surface area contributed by atoms with Gasteiger partial charge >= 0.3 is 6.03 Å². The van der Waals surface area contributed by atoms with E-state index in [0.29, 0.717) is 40.3 Å². The molecule has 1 fully saturated rings. The minimum atomic E-state index is -0.435. The minimum Gasteiger partial charge on any atom is -0.493 e. The number of aliphatic imine (C=N–C) groups is 1. The van der Waals surface area contributed by atoms with Gasteiger partial charge in [0.1, 0.15) is 5.84 Å². The van der Waals surface area contributed by atoms with E-state index in [4.69, 9.17) is 23.7 Å². The molecule has 3 heterocycles. The number of anilines is 1. The van der Waals surface area contributed by atoms with Crippen LogP contribution in [-0.2, 0) is 4.79 Å². The lowest BCUT2D eigenvalue weighted by Gasteiger charge is -2.39. The monoisotopic (exact) mass is 453 g/mol. The van der Waals surface area contributed by atoms with Crippen LogP contribution in [0.25, 0.3) is 0 Å². The van der Waals surface area contributed by atoms with Gasteiger partial charge < -0.3 is 28.6 Å². The quantitative estimate of drug-likeness (QED) is 0.686. The average molecular weight is 453 g/mol. The summed E-state index contributed by atoms with van der Waals surface area (Å²) < 4.78 is 27.2. The molecule has 10 nitrogen and oxygen atoms in total. The van der Waals surface area contributed by atoms with Crippen LogP contribution in [0.15, 0.2) is 35.3 Å². The van der Waals surface area contributed by atoms with Crippen molar-refractivity contribution in [3.05, 3.63) is 35.9 Å². The summed E-state index contributed by atoms with van der Waals surface area (Å²) in [4.78, 5) is 33.3. The zero-order valence-electron chi connectivity index (χ0n) is 18.7. The van der Waals surface area contributed by atoms with E-state index >= 15 is 0 Å². The van der Waals surface area contributed by atoms with Gasteiger partial charge in [0.05, 0.1) is 33.1 Å². The van der Waals surface area contributed by atoms with E-state index in [1.807, 2.05) is 18.2 Å². The highest BCUT2D eigenvalue weighted by Crippen LogP contribution is 2.45. The number of amides is 3. The van der Waals surface area contributed by atoms with E-state index in [1.165, 1.54) is 26.2 Å². The highest BCUT2D eigenvalue weighted by atomic mass is 16.7. The fraction of sp³-hybridized carbons (Fsp3) is 0.348. The first-order valence-electron chi connectivity index (χ1n) is 10.3. The van der Waals surface area contributed by atoms with Gasteiger partial charge in [-0.15, -0.1) is 0 Å². The molecule has 2 aromatic carbocycles. The van der Waals surface area contributed by atoms with Crippen LogP contribution >= 0.6 is 0 Å². The second kappa shape index (κ2) is 7.88. The largest absolute Gasteiger partial charge is 0.493 e. The second-order valence-electron chi connectivity index (χ2n) is 7.84. The summed E-state index contributed by atoms with van der Waals surface area (Å²) in [6.45, 7) is 0.159. The molecule has 3 amide bonds. The van der Waals surface area contributed by atoms with Gasteiger partial charge in [0, 0.05) is 31.5 Å². The Morgan fingerprint density at radius 1 is 0.970 bits per heavy atom. The number of hydrogen-bond acceptors (Lipinski definition) is 7. The summed E-state index contributed by atoms with van der Waals surface area (Å²) in [5.74, 6) is 2.34. The molecular formula is C23H23N3O7. The van der Waals surface area contributed by atoms with Gasteiger partial charge in [-0.1, -0.05) is 6.07 Å². The third-order valence-corrected chi connectivity index (χ3v) is 6.18. The number of rotatable bonds is 5. The zero-order valence-corrected chi connectivity index (χ0v) is 18.7. The van der Waals surface area contributed by atoms with Crippen molar-refractivity contribution >= 4 is 23.5 Å². The Morgan fingerprint density at radius 3 is 2.33 bits per heavy atom. The molecule has 0 bridgehead atoms. The Kier molecular flexibility index (Phi) is 4.99. The van der Waals surface area contributed by atoms with Gasteiger partial charge in [0.25, 0.3) is 0 Å². The lowest BCUT2D eigenvalue weighted by atomic mass is 9.83. The van der Waals surface area contributed by atoms with Crippen molar-refractivity contribution in [3.63, 3.8) is 0 Å². The number of nitrogens with zero attached hydrogens (tertiary/aromatic N) is 3. The molecule has 2 aromatic rings. The maximum Gasteiger partial charge on any atom is 0.345 e. The second-order valence-corrected chi connectivity index (χ2v) is 7.84. The number of urea groups is 1. The fourth-order valence-corrected chi connectivity index (χ4v) is 4.60. The van der Waals surface area contributed by atoms with Gasteiger partial charge in [-0.25, -0.2) is 4.79 Å². The van der Waals surface area contributed by atoms with Crippen LogP contribution in [0.1, 0.15) is 17.9 Å². The molecule has 0 saturated carbocycles. The van der Waals surface area contributed by atoms with Gasteiger partial charge in [-0.2, -0.15) is 4.99 Å². The van der Waals surface area contributed by atoms with Crippen LogP contribution in [-0.4, -0.2) is 63.9 Å². The summed E-state index contributed by atoms with van der Waals surface area (Å²) in [6.07, 6.45) is 0.164. The van der Waals surface area contributed by atoms with Gasteiger partial charge in [-0.05, 0) is 17.7 Å². The van der Waals surface area contributed by atoms with Crippen LogP contribution in [0.4, 0.5) is 10.5 Å². The molecule has 10 heteroatoms. The average Bonchev–Trinajstić information content (AvgIpc) is 3.41. The third kappa shape index (κ3) is 3.21.